The van der Waals surface area contributed by atoms with Crippen LogP contribution in [0.1, 0.15) is 12.5 Å². The van der Waals surface area contributed by atoms with Gasteiger partial charge in [-0.1, -0.05) is 0 Å². The summed E-state index contributed by atoms with van der Waals surface area (Å²) < 4.78 is 38.5. The van der Waals surface area contributed by atoms with Crippen molar-refractivity contribution in [1.82, 2.24) is 0 Å². The molecule has 0 saturated carbocycles. The van der Waals surface area contributed by atoms with Crippen LogP contribution < -0.4 is 0 Å². The molecule has 0 fully saturated rings. The average molecular weight is 216 g/mol. The molecule has 15 heavy (non-hydrogen) atoms. The van der Waals surface area contributed by atoms with Gasteiger partial charge in [0.25, 0.3) is 0 Å². The van der Waals surface area contributed by atoms with E-state index in [2.05, 4.69) is 0 Å². The van der Waals surface area contributed by atoms with Crippen molar-refractivity contribution in [3.63, 3.8) is 0 Å². The first kappa shape index (κ1) is 11.3. The van der Waals surface area contributed by atoms with E-state index < -0.39 is 29.0 Å². The number of hydrogen-bond acceptors (Lipinski definition) is 1. The number of aliphatic carboxylic acids is 1. The second-order valence-corrected chi connectivity index (χ2v) is 2.92. The molecule has 0 aliphatic rings. The summed E-state index contributed by atoms with van der Waals surface area (Å²) in [5.74, 6) is -4.60. The first-order chi connectivity index (χ1) is 6.91. The largest absolute Gasteiger partial charge is 0.478 e. The Bertz CT molecular complexity index is 415. The molecule has 0 saturated heterocycles. The molecule has 0 aromatic heterocycles. The minimum Gasteiger partial charge on any atom is -0.478 e. The molecular weight excluding hydrogens is 209 g/mol. The molecule has 2 nitrogen and oxygen atoms in total. The molecule has 0 heterocycles. The zero-order valence-electron chi connectivity index (χ0n) is 7.72. The number of halogens is 3. The Morgan fingerprint density at radius 2 is 1.73 bits per heavy atom. The highest BCUT2D eigenvalue weighted by molar-refractivity contribution is 5.91. The summed E-state index contributed by atoms with van der Waals surface area (Å²) in [4.78, 5) is 10.4. The zero-order chi connectivity index (χ0) is 11.6. The van der Waals surface area contributed by atoms with E-state index in [1.54, 1.807) is 0 Å². The monoisotopic (exact) mass is 216 g/mol. The lowest BCUT2D eigenvalue weighted by Crippen LogP contribution is -1.98. The Kier molecular flexibility index (Phi) is 3.14. The number of rotatable bonds is 2. The summed E-state index contributed by atoms with van der Waals surface area (Å²) in [7, 11) is 0. The van der Waals surface area contributed by atoms with Crippen LogP contribution in [0.4, 0.5) is 13.2 Å². The van der Waals surface area contributed by atoms with Gasteiger partial charge in [0, 0.05) is 23.3 Å². The van der Waals surface area contributed by atoms with Gasteiger partial charge in [-0.05, 0) is 13.0 Å². The van der Waals surface area contributed by atoms with Gasteiger partial charge >= 0.3 is 5.97 Å². The Balaban J connectivity index is 3.27. The highest BCUT2D eigenvalue weighted by Crippen LogP contribution is 2.17. The van der Waals surface area contributed by atoms with E-state index in [9.17, 15) is 18.0 Å². The van der Waals surface area contributed by atoms with Crippen LogP contribution in [0.2, 0.25) is 0 Å². The zero-order valence-corrected chi connectivity index (χ0v) is 7.72. The van der Waals surface area contributed by atoms with Crippen molar-refractivity contribution in [3.05, 3.63) is 40.7 Å². The normalized spacial score (nSPS) is 11.6. The van der Waals surface area contributed by atoms with Crippen molar-refractivity contribution in [3.8, 4) is 0 Å². The molecule has 1 rings (SSSR count). The standard InChI is InChI=1S/C10H7F3O2/c1-5(10(14)15)2-7-8(12)3-6(11)4-9(7)13/h2-4H,1H3,(H,14,15). The van der Waals surface area contributed by atoms with Gasteiger partial charge in [0.05, 0.1) is 0 Å². The minimum absolute atomic E-state index is 0.237. The van der Waals surface area contributed by atoms with Gasteiger partial charge in [0.1, 0.15) is 17.5 Å². The molecular formula is C10H7F3O2. The third-order valence-corrected chi connectivity index (χ3v) is 1.74. The van der Waals surface area contributed by atoms with Crippen molar-refractivity contribution in [2.24, 2.45) is 0 Å². The molecule has 0 bridgehead atoms. The average Bonchev–Trinajstić information content (AvgIpc) is 2.10. The highest BCUT2D eigenvalue weighted by Gasteiger charge is 2.11. The Morgan fingerprint density at radius 3 is 2.13 bits per heavy atom. The summed E-state index contributed by atoms with van der Waals surface area (Å²) >= 11 is 0. The molecule has 0 aliphatic heterocycles. The molecule has 80 valence electrons. The van der Waals surface area contributed by atoms with Gasteiger partial charge in [-0.2, -0.15) is 0 Å². The quantitative estimate of drug-likeness (QED) is 0.771. The van der Waals surface area contributed by atoms with Crippen LogP contribution in [0.3, 0.4) is 0 Å². The van der Waals surface area contributed by atoms with Crippen LogP contribution in [-0.2, 0) is 4.79 Å². The lowest BCUT2D eigenvalue weighted by Gasteiger charge is -2.00. The number of hydrogen-bond donors (Lipinski definition) is 1. The van der Waals surface area contributed by atoms with E-state index in [1.807, 2.05) is 0 Å². The summed E-state index contributed by atoms with van der Waals surface area (Å²) in [5.41, 5.74) is -0.796. The predicted molar refractivity (Wildman–Crippen MR) is 47.6 cm³/mol. The molecule has 0 spiro atoms. The first-order valence-electron chi connectivity index (χ1n) is 3.98. The van der Waals surface area contributed by atoms with Gasteiger partial charge in [0.2, 0.25) is 0 Å². The third kappa shape index (κ3) is 2.59. The van der Waals surface area contributed by atoms with Gasteiger partial charge < -0.3 is 5.11 Å². The molecule has 0 unspecified atom stereocenters. The van der Waals surface area contributed by atoms with E-state index in [0.29, 0.717) is 12.1 Å². The molecule has 1 aromatic carbocycles. The second-order valence-electron chi connectivity index (χ2n) is 2.92. The molecule has 1 aromatic rings. The smallest absolute Gasteiger partial charge is 0.331 e. The Morgan fingerprint density at radius 1 is 1.27 bits per heavy atom. The fraction of sp³-hybridized carbons (Fsp3) is 0.100. The van der Waals surface area contributed by atoms with Crippen LogP contribution in [-0.4, -0.2) is 11.1 Å². The molecule has 0 radical (unpaired) electrons. The number of carboxylic acids is 1. The second kappa shape index (κ2) is 4.16. The lowest BCUT2D eigenvalue weighted by molar-refractivity contribution is -0.132. The van der Waals surface area contributed by atoms with Crippen LogP contribution in [0.25, 0.3) is 6.08 Å². The van der Waals surface area contributed by atoms with Gasteiger partial charge in [-0.25, -0.2) is 18.0 Å². The number of benzene rings is 1. The van der Waals surface area contributed by atoms with Crippen molar-refractivity contribution in [2.75, 3.05) is 0 Å². The maximum Gasteiger partial charge on any atom is 0.331 e. The van der Waals surface area contributed by atoms with Crippen LogP contribution in [0, 0.1) is 17.5 Å². The highest BCUT2D eigenvalue weighted by atomic mass is 19.1. The van der Waals surface area contributed by atoms with Crippen molar-refractivity contribution in [1.29, 1.82) is 0 Å². The SMILES string of the molecule is CC(=Cc1c(F)cc(F)cc1F)C(=O)O. The minimum atomic E-state index is -1.29. The maximum absolute atomic E-state index is 13.0. The molecule has 5 heteroatoms. The predicted octanol–water partition coefficient (Wildman–Crippen LogP) is 2.59. The molecule has 0 atom stereocenters. The van der Waals surface area contributed by atoms with E-state index in [-0.39, 0.29) is 5.57 Å². The van der Waals surface area contributed by atoms with Gasteiger partial charge in [0.15, 0.2) is 0 Å². The first-order valence-corrected chi connectivity index (χ1v) is 3.98. The summed E-state index contributed by atoms with van der Waals surface area (Å²) in [6, 6.07) is 0.980. The summed E-state index contributed by atoms with van der Waals surface area (Å²) in [6.07, 6.45) is 0.812. The van der Waals surface area contributed by atoms with Crippen molar-refractivity contribution in [2.45, 2.75) is 6.92 Å². The van der Waals surface area contributed by atoms with E-state index >= 15 is 0 Å². The third-order valence-electron chi connectivity index (χ3n) is 1.74. The molecule has 0 aliphatic carbocycles. The fourth-order valence-corrected chi connectivity index (χ4v) is 0.970. The van der Waals surface area contributed by atoms with Crippen LogP contribution >= 0.6 is 0 Å². The summed E-state index contributed by atoms with van der Waals surface area (Å²) in [5, 5.41) is 8.49. The van der Waals surface area contributed by atoms with Gasteiger partial charge in [-0.15, -0.1) is 0 Å². The number of carboxylic acid groups (broad SMARTS) is 1. The molecule has 1 N–H and O–H groups in total. The number of carbonyl (C=O) groups is 1. The van der Waals surface area contributed by atoms with Crippen LogP contribution in [0.15, 0.2) is 17.7 Å². The van der Waals surface area contributed by atoms with Crippen molar-refractivity contribution >= 4 is 12.0 Å². The van der Waals surface area contributed by atoms with E-state index in [1.165, 1.54) is 6.92 Å². The van der Waals surface area contributed by atoms with Crippen LogP contribution in [0.5, 0.6) is 0 Å². The lowest BCUT2D eigenvalue weighted by atomic mass is 10.1. The van der Waals surface area contributed by atoms with E-state index in [0.717, 1.165) is 6.08 Å². The Labute approximate surface area is 83.7 Å². The topological polar surface area (TPSA) is 37.3 Å². The Hall–Kier alpha value is -1.78. The molecule has 0 amide bonds. The summed E-state index contributed by atoms with van der Waals surface area (Å²) in [6.45, 7) is 1.19. The van der Waals surface area contributed by atoms with E-state index in [4.69, 9.17) is 5.11 Å². The maximum atomic E-state index is 13.0. The van der Waals surface area contributed by atoms with Gasteiger partial charge in [-0.3, -0.25) is 0 Å². The fourth-order valence-electron chi connectivity index (χ4n) is 0.970. The van der Waals surface area contributed by atoms with Crippen molar-refractivity contribution < 1.29 is 23.1 Å².